The number of aromatic nitrogens is 2. The number of halogens is 3. The van der Waals surface area contributed by atoms with Crippen molar-refractivity contribution in [1.29, 1.82) is 0 Å². The quantitative estimate of drug-likeness (QED) is 0.252. The van der Waals surface area contributed by atoms with Gasteiger partial charge in [0.05, 0.1) is 37.2 Å². The van der Waals surface area contributed by atoms with E-state index in [1.165, 1.54) is 0 Å². The summed E-state index contributed by atoms with van der Waals surface area (Å²) in [7, 11) is 1.55. The van der Waals surface area contributed by atoms with Crippen molar-refractivity contribution in [2.45, 2.75) is 26.0 Å². The molecule has 3 heterocycles. The Hall–Kier alpha value is -3.43. The molecule has 212 valence electrons. The lowest BCUT2D eigenvalue weighted by molar-refractivity contribution is -0.0374. The highest BCUT2D eigenvalue weighted by molar-refractivity contribution is 6.35. The molecule has 0 radical (unpaired) electrons. The molecule has 1 saturated heterocycles. The van der Waals surface area contributed by atoms with Crippen LogP contribution in [0, 0.1) is 0 Å². The summed E-state index contributed by atoms with van der Waals surface area (Å²) in [6.45, 7) is 5.32. The Morgan fingerprint density at radius 3 is 2.51 bits per heavy atom. The number of nitrogens with zero attached hydrogens (tertiary/aromatic N) is 3. The first kappa shape index (κ1) is 27.7. The molecule has 0 bridgehead atoms. The van der Waals surface area contributed by atoms with Crippen LogP contribution < -0.4 is 15.2 Å². The number of hydrogen-bond acceptors (Lipinski definition) is 6. The Balaban J connectivity index is 1.63. The van der Waals surface area contributed by atoms with Gasteiger partial charge in [-0.15, -0.1) is 0 Å². The third kappa shape index (κ3) is 4.78. The van der Waals surface area contributed by atoms with Crippen molar-refractivity contribution in [2.75, 3.05) is 32.6 Å². The van der Waals surface area contributed by atoms with Crippen LogP contribution in [0.3, 0.4) is 0 Å². The van der Waals surface area contributed by atoms with E-state index in [1.807, 2.05) is 38.1 Å². The van der Waals surface area contributed by atoms with E-state index in [-0.39, 0.29) is 18.2 Å². The minimum Gasteiger partial charge on any atom is -0.494 e. The molecule has 0 aliphatic carbocycles. The Labute approximate surface area is 252 Å². The number of anilines is 1. The molecular formula is C30H27Cl3N4O4. The molecule has 1 amide bonds. The van der Waals surface area contributed by atoms with Gasteiger partial charge in [0.1, 0.15) is 17.4 Å². The molecular weight excluding hydrogens is 587 g/mol. The summed E-state index contributed by atoms with van der Waals surface area (Å²) >= 11 is 19.7. The van der Waals surface area contributed by atoms with E-state index in [0.29, 0.717) is 80.1 Å². The van der Waals surface area contributed by atoms with Crippen LogP contribution in [0.5, 0.6) is 11.5 Å². The highest BCUT2D eigenvalue weighted by atomic mass is 35.5. The van der Waals surface area contributed by atoms with Crippen molar-refractivity contribution in [1.82, 2.24) is 14.7 Å². The largest absolute Gasteiger partial charge is 0.494 e. The van der Waals surface area contributed by atoms with Gasteiger partial charge in [-0.3, -0.25) is 4.79 Å². The number of nitrogens with two attached hydrogens (primary N) is 1. The van der Waals surface area contributed by atoms with Gasteiger partial charge in [0, 0.05) is 39.0 Å². The minimum atomic E-state index is -0.518. The van der Waals surface area contributed by atoms with Crippen molar-refractivity contribution >= 4 is 46.4 Å². The minimum absolute atomic E-state index is 0.0724. The fourth-order valence-electron chi connectivity index (χ4n) is 5.44. The van der Waals surface area contributed by atoms with E-state index in [1.54, 1.807) is 41.0 Å². The number of nitrogen functional groups attached to an aromatic ring is 1. The van der Waals surface area contributed by atoms with Crippen LogP contribution in [0.15, 0.2) is 48.5 Å². The lowest BCUT2D eigenvalue weighted by atomic mass is 9.95. The van der Waals surface area contributed by atoms with Gasteiger partial charge in [-0.1, -0.05) is 46.9 Å². The van der Waals surface area contributed by atoms with E-state index in [2.05, 4.69) is 0 Å². The van der Waals surface area contributed by atoms with Gasteiger partial charge >= 0.3 is 0 Å². The summed E-state index contributed by atoms with van der Waals surface area (Å²) in [5, 5.41) is 6.02. The molecule has 0 spiro atoms. The Bertz CT molecular complexity index is 1680. The SMILES string of the molecule is COc1c(-c2cccc(N)c2)cc2c(c1Cl)OCc1c(C(=O)N3CCOCC3(C)C)nn(-c3cc(Cl)cc(Cl)c3)c1-2. The molecule has 2 aliphatic heterocycles. The number of benzene rings is 3. The number of rotatable bonds is 4. The van der Waals surface area contributed by atoms with Gasteiger partial charge in [-0.25, -0.2) is 4.68 Å². The lowest BCUT2D eigenvalue weighted by Crippen LogP contribution is -2.55. The number of methoxy groups -OCH3 is 1. The first-order chi connectivity index (χ1) is 19.6. The van der Waals surface area contributed by atoms with E-state index < -0.39 is 5.54 Å². The summed E-state index contributed by atoms with van der Waals surface area (Å²) in [5.74, 6) is 0.649. The maximum Gasteiger partial charge on any atom is 0.275 e. The average molecular weight is 614 g/mol. The standard InChI is InChI=1S/C30H27Cl3N4O4/c1-30(2)15-40-8-7-36(30)29(38)25-23-14-41-28-22(26(23)37(35-25)20-11-17(31)10-18(32)12-20)13-21(27(39-3)24(28)33)16-5-4-6-19(34)9-16/h4-6,9-13H,7-8,14-15,34H2,1-3H3. The third-order valence-corrected chi connectivity index (χ3v) is 8.14. The van der Waals surface area contributed by atoms with Gasteiger partial charge < -0.3 is 24.8 Å². The van der Waals surface area contributed by atoms with Crippen molar-refractivity contribution in [3.63, 3.8) is 0 Å². The Morgan fingerprint density at radius 2 is 1.83 bits per heavy atom. The second kappa shape index (κ2) is 10.4. The number of carbonyl (C=O) groups excluding carboxylic acids is 1. The second-order valence-corrected chi connectivity index (χ2v) is 11.9. The van der Waals surface area contributed by atoms with Gasteiger partial charge in [0.25, 0.3) is 5.91 Å². The molecule has 0 unspecified atom stereocenters. The van der Waals surface area contributed by atoms with Crippen LogP contribution in [0.1, 0.15) is 29.9 Å². The third-order valence-electron chi connectivity index (χ3n) is 7.36. The zero-order valence-electron chi connectivity index (χ0n) is 22.6. The lowest BCUT2D eigenvalue weighted by Gasteiger charge is -2.41. The van der Waals surface area contributed by atoms with Crippen molar-refractivity contribution in [3.05, 3.63) is 74.9 Å². The highest BCUT2D eigenvalue weighted by Crippen LogP contribution is 2.51. The van der Waals surface area contributed by atoms with Crippen molar-refractivity contribution in [2.24, 2.45) is 0 Å². The predicted octanol–water partition coefficient (Wildman–Crippen LogP) is 6.90. The topological polar surface area (TPSA) is 91.8 Å². The summed E-state index contributed by atoms with van der Waals surface area (Å²) in [6, 6.07) is 14.5. The predicted molar refractivity (Wildman–Crippen MR) is 161 cm³/mol. The first-order valence-electron chi connectivity index (χ1n) is 13.0. The summed E-state index contributed by atoms with van der Waals surface area (Å²) < 4.78 is 19.3. The van der Waals surface area contributed by atoms with E-state index >= 15 is 0 Å². The maximum atomic E-state index is 14.1. The van der Waals surface area contributed by atoms with Gasteiger partial charge in [-0.05, 0) is 55.8 Å². The molecule has 3 aromatic carbocycles. The summed E-state index contributed by atoms with van der Waals surface area (Å²) in [6.07, 6.45) is 0. The molecule has 0 atom stereocenters. The molecule has 8 nitrogen and oxygen atoms in total. The number of morpholine rings is 1. The number of hydrogen-bond donors (Lipinski definition) is 1. The van der Waals surface area contributed by atoms with E-state index in [0.717, 1.165) is 5.56 Å². The van der Waals surface area contributed by atoms with E-state index in [9.17, 15) is 4.79 Å². The normalized spacial score (nSPS) is 15.6. The smallest absolute Gasteiger partial charge is 0.275 e. The van der Waals surface area contributed by atoms with Crippen molar-refractivity contribution < 1.29 is 19.0 Å². The Kier molecular flexibility index (Phi) is 7.06. The van der Waals surface area contributed by atoms with Crippen LogP contribution in [0.2, 0.25) is 15.1 Å². The van der Waals surface area contributed by atoms with Crippen LogP contribution >= 0.6 is 34.8 Å². The van der Waals surface area contributed by atoms with E-state index in [4.69, 9.17) is 59.8 Å². The van der Waals surface area contributed by atoms with Gasteiger partial charge in [-0.2, -0.15) is 5.10 Å². The molecule has 2 aliphatic rings. The fraction of sp³-hybridized carbons (Fsp3) is 0.267. The molecule has 0 saturated carbocycles. The summed E-state index contributed by atoms with van der Waals surface area (Å²) in [5.41, 5.74) is 10.5. The van der Waals surface area contributed by atoms with Crippen LogP contribution in [-0.2, 0) is 11.3 Å². The molecule has 1 aromatic heterocycles. The zero-order chi connectivity index (χ0) is 29.1. The van der Waals surface area contributed by atoms with Crippen LogP contribution in [-0.4, -0.2) is 53.0 Å². The maximum absolute atomic E-state index is 14.1. The van der Waals surface area contributed by atoms with Gasteiger partial charge in [0.15, 0.2) is 11.4 Å². The zero-order valence-corrected chi connectivity index (χ0v) is 24.9. The number of amides is 1. The Morgan fingerprint density at radius 1 is 1.07 bits per heavy atom. The molecule has 41 heavy (non-hydrogen) atoms. The molecule has 6 rings (SSSR count). The molecule has 2 N–H and O–H groups in total. The van der Waals surface area contributed by atoms with Gasteiger partial charge in [0.2, 0.25) is 0 Å². The monoisotopic (exact) mass is 612 g/mol. The number of fused-ring (bicyclic) bond motifs is 3. The molecule has 11 heteroatoms. The van der Waals surface area contributed by atoms with Crippen LogP contribution in [0.25, 0.3) is 28.1 Å². The highest BCUT2D eigenvalue weighted by Gasteiger charge is 2.40. The average Bonchev–Trinajstić information content (AvgIpc) is 3.32. The fourth-order valence-corrected chi connectivity index (χ4v) is 6.29. The summed E-state index contributed by atoms with van der Waals surface area (Å²) in [4.78, 5) is 15.9. The second-order valence-electron chi connectivity index (χ2n) is 10.6. The van der Waals surface area contributed by atoms with Crippen LogP contribution in [0.4, 0.5) is 5.69 Å². The first-order valence-corrected chi connectivity index (χ1v) is 14.1. The number of carbonyl (C=O) groups is 1. The molecule has 1 fully saturated rings. The molecule has 4 aromatic rings. The van der Waals surface area contributed by atoms with Crippen molar-refractivity contribution in [3.8, 4) is 39.6 Å². The number of ether oxygens (including phenoxy) is 3.